The van der Waals surface area contributed by atoms with Crippen LogP contribution in [0.25, 0.3) is 0 Å². The monoisotopic (exact) mass is 211 g/mol. The number of aliphatic hydroxyl groups excluding tert-OH is 1. The molecule has 1 saturated heterocycles. The fraction of sp³-hybridized carbons (Fsp3) is 1.00. The predicted octanol–water partition coefficient (Wildman–Crippen LogP) is 2.41. The molecule has 15 heavy (non-hydrogen) atoms. The fourth-order valence-corrected chi connectivity index (χ4v) is 3.39. The first kappa shape index (κ1) is 11.4. The molecule has 1 atom stereocenters. The van der Waals surface area contributed by atoms with Crippen LogP contribution < -0.4 is 0 Å². The first-order chi connectivity index (χ1) is 7.20. The molecule has 1 saturated carbocycles. The maximum absolute atomic E-state index is 9.36. The van der Waals surface area contributed by atoms with E-state index in [-0.39, 0.29) is 6.10 Å². The molecule has 2 fully saturated rings. The molecule has 0 aromatic rings. The molecule has 0 amide bonds. The summed E-state index contributed by atoms with van der Waals surface area (Å²) in [6, 6.07) is 0. The number of hydrogen-bond donors (Lipinski definition) is 1. The molecule has 0 aromatic carbocycles. The summed E-state index contributed by atoms with van der Waals surface area (Å²) < 4.78 is 0. The Balaban J connectivity index is 1.80. The number of hydrogen-bond acceptors (Lipinski definition) is 2. The van der Waals surface area contributed by atoms with E-state index in [1.54, 1.807) is 0 Å². The normalized spacial score (nSPS) is 29.2. The summed E-state index contributed by atoms with van der Waals surface area (Å²) in [5.41, 5.74) is 0.702. The maximum atomic E-state index is 9.36. The fourth-order valence-electron chi connectivity index (χ4n) is 3.39. The number of likely N-dealkylation sites (tertiary alicyclic amines) is 1. The SMILES string of the molecule is C[C@H](O)CN1CCC2(CCCCC2)CC1. The highest BCUT2D eigenvalue weighted by atomic mass is 16.3. The Labute approximate surface area is 93.7 Å². The van der Waals surface area contributed by atoms with E-state index in [4.69, 9.17) is 0 Å². The summed E-state index contributed by atoms with van der Waals surface area (Å²) in [5.74, 6) is 0. The zero-order chi connectivity index (χ0) is 10.7. The van der Waals surface area contributed by atoms with E-state index in [2.05, 4.69) is 4.90 Å². The van der Waals surface area contributed by atoms with Crippen LogP contribution >= 0.6 is 0 Å². The van der Waals surface area contributed by atoms with Crippen LogP contribution in [0.3, 0.4) is 0 Å². The van der Waals surface area contributed by atoms with Gasteiger partial charge in [-0.2, -0.15) is 0 Å². The van der Waals surface area contributed by atoms with Gasteiger partial charge < -0.3 is 10.0 Å². The van der Waals surface area contributed by atoms with Gasteiger partial charge in [-0.3, -0.25) is 0 Å². The third-order valence-electron chi connectivity index (χ3n) is 4.35. The second-order valence-corrected chi connectivity index (χ2v) is 5.71. The van der Waals surface area contributed by atoms with Crippen molar-refractivity contribution >= 4 is 0 Å². The van der Waals surface area contributed by atoms with Crippen molar-refractivity contribution in [3.05, 3.63) is 0 Å². The lowest BCUT2D eigenvalue weighted by Gasteiger charge is -2.44. The molecule has 2 nitrogen and oxygen atoms in total. The molecule has 0 unspecified atom stereocenters. The molecule has 0 bridgehead atoms. The third-order valence-corrected chi connectivity index (χ3v) is 4.35. The third kappa shape index (κ3) is 2.94. The van der Waals surface area contributed by atoms with Crippen molar-refractivity contribution in [1.29, 1.82) is 0 Å². The minimum atomic E-state index is -0.162. The Bertz CT molecular complexity index is 187. The summed E-state index contributed by atoms with van der Waals surface area (Å²) in [6.07, 6.45) is 9.89. The zero-order valence-corrected chi connectivity index (χ0v) is 10.0. The van der Waals surface area contributed by atoms with Crippen LogP contribution in [0.1, 0.15) is 51.9 Å². The van der Waals surface area contributed by atoms with Crippen LogP contribution in [0.15, 0.2) is 0 Å². The van der Waals surface area contributed by atoms with Gasteiger partial charge in [0.1, 0.15) is 0 Å². The molecule has 88 valence electrons. The molecule has 2 rings (SSSR count). The smallest absolute Gasteiger partial charge is 0.0639 e. The highest BCUT2D eigenvalue weighted by Crippen LogP contribution is 2.44. The average molecular weight is 211 g/mol. The van der Waals surface area contributed by atoms with Crippen LogP contribution in [0.4, 0.5) is 0 Å². The summed E-state index contributed by atoms with van der Waals surface area (Å²) in [6.45, 7) is 5.19. The minimum absolute atomic E-state index is 0.162. The number of rotatable bonds is 2. The van der Waals surface area contributed by atoms with Crippen LogP contribution in [0, 0.1) is 5.41 Å². The maximum Gasteiger partial charge on any atom is 0.0639 e. The molecule has 1 heterocycles. The first-order valence-corrected chi connectivity index (χ1v) is 6.61. The lowest BCUT2D eigenvalue weighted by Crippen LogP contribution is -2.43. The van der Waals surface area contributed by atoms with E-state index in [0.29, 0.717) is 5.41 Å². The van der Waals surface area contributed by atoms with Crippen molar-refractivity contribution in [3.8, 4) is 0 Å². The second-order valence-electron chi connectivity index (χ2n) is 5.71. The van der Waals surface area contributed by atoms with Crippen molar-refractivity contribution in [2.24, 2.45) is 5.41 Å². The van der Waals surface area contributed by atoms with Gasteiger partial charge in [-0.15, -0.1) is 0 Å². The summed E-state index contributed by atoms with van der Waals surface area (Å²) in [7, 11) is 0. The number of aliphatic hydroxyl groups is 1. The van der Waals surface area contributed by atoms with Crippen molar-refractivity contribution in [2.45, 2.75) is 58.0 Å². The first-order valence-electron chi connectivity index (χ1n) is 6.61. The zero-order valence-electron chi connectivity index (χ0n) is 10.0. The Kier molecular flexibility index (Phi) is 3.68. The highest BCUT2D eigenvalue weighted by molar-refractivity contribution is 4.88. The van der Waals surface area contributed by atoms with E-state index in [9.17, 15) is 5.11 Å². The lowest BCUT2D eigenvalue weighted by atomic mass is 9.68. The van der Waals surface area contributed by atoms with Crippen molar-refractivity contribution < 1.29 is 5.11 Å². The van der Waals surface area contributed by atoms with E-state index < -0.39 is 0 Å². The Hall–Kier alpha value is -0.0800. The molecule has 0 aromatic heterocycles. The van der Waals surface area contributed by atoms with Crippen molar-refractivity contribution in [2.75, 3.05) is 19.6 Å². The standard InChI is InChI=1S/C13H25NO/c1-12(15)11-14-9-7-13(8-10-14)5-3-2-4-6-13/h12,15H,2-11H2,1H3/t12-/m0/s1. The van der Waals surface area contributed by atoms with Crippen LogP contribution in [-0.4, -0.2) is 35.7 Å². The highest BCUT2D eigenvalue weighted by Gasteiger charge is 2.35. The summed E-state index contributed by atoms with van der Waals surface area (Å²) >= 11 is 0. The molecular formula is C13H25NO. The van der Waals surface area contributed by atoms with E-state index >= 15 is 0 Å². The minimum Gasteiger partial charge on any atom is -0.392 e. The van der Waals surface area contributed by atoms with Gasteiger partial charge in [-0.1, -0.05) is 19.3 Å². The largest absolute Gasteiger partial charge is 0.392 e. The quantitative estimate of drug-likeness (QED) is 0.758. The topological polar surface area (TPSA) is 23.5 Å². The van der Waals surface area contributed by atoms with Gasteiger partial charge in [-0.25, -0.2) is 0 Å². The Morgan fingerprint density at radius 2 is 1.67 bits per heavy atom. The predicted molar refractivity (Wildman–Crippen MR) is 62.9 cm³/mol. The number of nitrogens with zero attached hydrogens (tertiary/aromatic N) is 1. The van der Waals surface area contributed by atoms with E-state index in [1.165, 1.54) is 58.0 Å². The molecule has 2 aliphatic rings. The van der Waals surface area contributed by atoms with Crippen molar-refractivity contribution in [3.63, 3.8) is 0 Å². The molecule has 1 N–H and O–H groups in total. The molecule has 1 spiro atoms. The van der Waals surface area contributed by atoms with Gasteiger partial charge in [-0.05, 0) is 51.1 Å². The van der Waals surface area contributed by atoms with Gasteiger partial charge in [0.15, 0.2) is 0 Å². The summed E-state index contributed by atoms with van der Waals surface area (Å²) in [4.78, 5) is 2.44. The molecule has 1 aliphatic carbocycles. The van der Waals surface area contributed by atoms with Crippen LogP contribution in [0.5, 0.6) is 0 Å². The Morgan fingerprint density at radius 3 is 2.20 bits per heavy atom. The van der Waals surface area contributed by atoms with Crippen molar-refractivity contribution in [1.82, 2.24) is 4.90 Å². The number of piperidine rings is 1. The summed E-state index contributed by atoms with van der Waals surface area (Å²) in [5, 5.41) is 9.36. The van der Waals surface area contributed by atoms with Crippen LogP contribution in [0.2, 0.25) is 0 Å². The van der Waals surface area contributed by atoms with Gasteiger partial charge in [0.05, 0.1) is 6.10 Å². The van der Waals surface area contributed by atoms with E-state index in [0.717, 1.165) is 6.54 Å². The van der Waals surface area contributed by atoms with E-state index in [1.807, 2.05) is 6.92 Å². The molecule has 0 radical (unpaired) electrons. The number of β-amino-alcohol motifs (C(OH)–C–C–N with tert-alkyl or cyclic N) is 1. The second kappa shape index (κ2) is 4.84. The van der Waals surface area contributed by atoms with Crippen LogP contribution in [-0.2, 0) is 0 Å². The lowest BCUT2D eigenvalue weighted by molar-refractivity contribution is 0.0427. The van der Waals surface area contributed by atoms with Gasteiger partial charge >= 0.3 is 0 Å². The van der Waals surface area contributed by atoms with Gasteiger partial charge in [0.25, 0.3) is 0 Å². The van der Waals surface area contributed by atoms with Gasteiger partial charge in [0.2, 0.25) is 0 Å². The van der Waals surface area contributed by atoms with Gasteiger partial charge in [0, 0.05) is 6.54 Å². The molecule has 2 heteroatoms. The average Bonchev–Trinajstić information content (AvgIpc) is 2.23. The molecule has 1 aliphatic heterocycles. The Morgan fingerprint density at radius 1 is 1.07 bits per heavy atom. The molecular weight excluding hydrogens is 186 g/mol.